The van der Waals surface area contributed by atoms with E-state index in [0.29, 0.717) is 49.4 Å². The number of halogens is 3. The highest BCUT2D eigenvalue weighted by Crippen LogP contribution is 2.40. The number of benzene rings is 5. The maximum Gasteiger partial charge on any atom is 0.407 e. The van der Waals surface area contributed by atoms with E-state index >= 15 is 0 Å². The lowest BCUT2D eigenvalue weighted by Gasteiger charge is -2.24. The summed E-state index contributed by atoms with van der Waals surface area (Å²) < 4.78 is 144. The summed E-state index contributed by atoms with van der Waals surface area (Å²) in [4.78, 5) is 32.5. The van der Waals surface area contributed by atoms with Gasteiger partial charge in [0.05, 0.1) is 59.7 Å². The molecule has 7 aromatic heterocycles. The fourth-order valence-corrected chi connectivity index (χ4v) is 20.0. The van der Waals surface area contributed by atoms with Gasteiger partial charge in [-0.05, 0) is 205 Å². The molecule has 12 aromatic rings. The van der Waals surface area contributed by atoms with E-state index in [1.165, 1.54) is 38.7 Å². The number of aliphatic hydroxyl groups is 3. The highest BCUT2D eigenvalue weighted by Gasteiger charge is 2.40. The second kappa shape index (κ2) is 34.2. The van der Waals surface area contributed by atoms with Crippen molar-refractivity contribution in [3.8, 4) is 22.3 Å². The van der Waals surface area contributed by atoms with Crippen LogP contribution in [0.3, 0.4) is 0 Å². The number of aryl methyl sites for hydroxylation is 3. The number of sulfonamides is 3. The van der Waals surface area contributed by atoms with Gasteiger partial charge in [0.25, 0.3) is 30.1 Å². The second-order valence-corrected chi connectivity index (χ2v) is 37.2. The van der Waals surface area contributed by atoms with Crippen LogP contribution in [0.25, 0.3) is 55.4 Å². The van der Waals surface area contributed by atoms with Gasteiger partial charge in [-0.2, -0.15) is 0 Å². The molecule has 0 radical (unpaired) electrons. The molecule has 0 aliphatic carbocycles. The fourth-order valence-electron chi connectivity index (χ4n) is 11.3. The van der Waals surface area contributed by atoms with Crippen LogP contribution in [0.5, 0.6) is 0 Å². The highest BCUT2D eigenvalue weighted by atomic mass is 127. The third-order valence-corrected chi connectivity index (χ3v) is 27.4. The smallest absolute Gasteiger partial charge is 0.407 e. The van der Waals surface area contributed by atoms with E-state index in [1.807, 2.05) is 55.5 Å². The van der Waals surface area contributed by atoms with Crippen molar-refractivity contribution < 1.29 is 66.9 Å². The van der Waals surface area contributed by atoms with E-state index < -0.39 is 74.5 Å². The van der Waals surface area contributed by atoms with Crippen molar-refractivity contribution in [2.45, 2.75) is 97.3 Å². The van der Waals surface area contributed by atoms with Crippen LogP contribution in [0.15, 0.2) is 222 Å². The molecule has 568 valence electrons. The fraction of sp³-hybridized carbons (Fsp3) is 0.219. The normalized spacial score (nSPS) is 13.3. The zero-order valence-corrected chi connectivity index (χ0v) is 68.2. The Labute approximate surface area is 655 Å². The number of nitrogens with one attached hydrogen (secondary N) is 4. The van der Waals surface area contributed by atoms with E-state index in [-0.39, 0.29) is 75.2 Å². The summed E-state index contributed by atoms with van der Waals surface area (Å²) in [6, 6.07) is 44.3. The first-order valence-corrected chi connectivity index (χ1v) is 42.9. The molecule has 13 rings (SSSR count). The Morgan fingerprint density at radius 1 is 0.556 bits per heavy atom. The van der Waals surface area contributed by atoms with Crippen LogP contribution in [-0.2, 0) is 74.5 Å². The number of alkyl carbamates (subject to hydrolysis) is 1. The van der Waals surface area contributed by atoms with Crippen molar-refractivity contribution >= 4 is 150 Å². The second-order valence-electron chi connectivity index (χ2n) is 25.4. The number of nitrogens with two attached hydrogens (primary N) is 1. The third-order valence-electron chi connectivity index (χ3n) is 16.6. The Kier molecular flexibility index (Phi) is 26.0. The van der Waals surface area contributed by atoms with Crippen LogP contribution in [0, 0.1) is 24.5 Å². The van der Waals surface area contributed by atoms with Crippen molar-refractivity contribution in [1.29, 1.82) is 0 Å². The van der Waals surface area contributed by atoms with Crippen molar-refractivity contribution in [2.75, 3.05) is 37.1 Å². The van der Waals surface area contributed by atoms with Gasteiger partial charge in [-0.15, -0.1) is 0 Å². The van der Waals surface area contributed by atoms with Crippen molar-refractivity contribution in [1.82, 2.24) is 47.6 Å². The summed E-state index contributed by atoms with van der Waals surface area (Å²) in [6.07, 6.45) is 6.07. The summed E-state index contributed by atoms with van der Waals surface area (Å²) in [5, 5.41) is 33.5. The van der Waals surface area contributed by atoms with Crippen molar-refractivity contribution in [3.63, 3.8) is 0 Å². The average Bonchev–Trinajstić information content (AvgIpc) is 1.60. The van der Waals surface area contributed by atoms with Gasteiger partial charge in [-0.1, -0.05) is 93.3 Å². The molecule has 1 aliphatic rings. The molecule has 1 atom stereocenters. The molecule has 0 bridgehead atoms. The number of carbonyl (C=O) groups excluding carboxylic acids is 1. The molecule has 108 heavy (non-hydrogen) atoms. The predicted molar refractivity (Wildman–Crippen MR) is 427 cm³/mol. The lowest BCUT2D eigenvalue weighted by atomic mass is 10.0. The van der Waals surface area contributed by atoms with Crippen LogP contribution in [0.2, 0.25) is 0 Å². The van der Waals surface area contributed by atoms with Gasteiger partial charge in [0, 0.05) is 93.7 Å². The quantitative estimate of drug-likeness (QED) is 0.0259. The number of ether oxygens (including phenoxy) is 1. The number of amides is 1. The van der Waals surface area contributed by atoms with Crippen LogP contribution < -0.4 is 24.8 Å². The number of pyridine rings is 4. The number of carbonyl (C=O) groups is 1. The van der Waals surface area contributed by atoms with Crippen LogP contribution in [0.4, 0.5) is 10.6 Å². The highest BCUT2D eigenvalue weighted by molar-refractivity contribution is 14.1. The molecule has 1 unspecified atom stereocenters. The van der Waals surface area contributed by atoms with Gasteiger partial charge in [0.2, 0.25) is 20.0 Å². The SMILES string of the molecule is Cc1ccc(S(=O)(=O)N2c3nccc(Br)c3CC2CO)cc1.Cc1ccc(S(=O)(=O)n2c(CO)cc3c(-c4ccc(S(=O)(=O)NCCNC(=O)OC(C)(C)C)cc4)ccnc32)cc1.Cc1ccc(S(=O)(=O)n2c(I)cc3c(Br)ccnc32)cc1.NCCNS(=O)(=O)c1ccc(-c2ccnc3[nH]c(CO)cc23)cc1. The molecule has 27 nitrogen and oxygen atoms in total. The van der Waals surface area contributed by atoms with Crippen LogP contribution in [-0.4, -0.2) is 141 Å². The Hall–Kier alpha value is -8.41. The minimum Gasteiger partial charge on any atom is -0.444 e. The minimum atomic E-state index is -4.06. The number of fused-ring (bicyclic) bond motifs is 4. The maximum absolute atomic E-state index is 13.5. The standard InChI is InChI=1S/C28H32N4O7S2.C16H18N4O3S.C15H15BrN2O3S.C14H10BrIN2O2S/c1-19-5-9-23(10-6-19)41(37,38)32-21(18-33)17-25-24(13-14-29-26(25)32)20-7-11-22(12-8-20)40(35,36)31-16-15-30-27(34)39-28(2,3)4;17-6-8-19-24(22,23)13-3-1-11(2-4-13)14-5-7-18-16-15(14)9-12(10-21)20-16;1-10-2-4-12(5-3-10)22(20,21)18-11(9-19)8-13-14(16)6-7-17-15(13)18;1-9-2-4-10(5-3-9)21(19,20)18-13(16)8-11-12(15)6-7-17-14(11)18/h5-14,17,31,33H,15-16,18H2,1-4H3,(H,30,34);1-5,7,9,19,21H,6,8,10,17H2,(H,18,20);2-7,11,19H,8-9H2,1H3;2-8H,1H3. The summed E-state index contributed by atoms with van der Waals surface area (Å²) in [7, 11) is -18.9. The summed E-state index contributed by atoms with van der Waals surface area (Å²) in [6.45, 7) is 10.4. The number of rotatable bonds is 20. The van der Waals surface area contributed by atoms with E-state index in [2.05, 4.69) is 71.5 Å². The van der Waals surface area contributed by atoms with Gasteiger partial charge in [-0.3, -0.25) is 0 Å². The first kappa shape index (κ1) is 82.1. The lowest BCUT2D eigenvalue weighted by Crippen LogP contribution is -2.40. The molecule has 0 saturated carbocycles. The Balaban J connectivity index is 0.000000161. The topological polar surface area (TPSA) is 400 Å². The minimum absolute atomic E-state index is 0.0133. The summed E-state index contributed by atoms with van der Waals surface area (Å²) >= 11 is 8.86. The van der Waals surface area contributed by atoms with Crippen molar-refractivity contribution in [3.05, 3.63) is 235 Å². The predicted octanol–water partition coefficient (Wildman–Crippen LogP) is 10.7. The van der Waals surface area contributed by atoms with Crippen molar-refractivity contribution in [2.24, 2.45) is 5.73 Å². The number of nitrogens with zero attached hydrogens (tertiary/aromatic N) is 7. The molecule has 9 N–H and O–H groups in total. The molecular formula is C73H75Br2IN12O15S5. The average molecular weight is 1810 g/mol. The number of hydrogen-bond donors (Lipinski definition) is 8. The van der Waals surface area contributed by atoms with E-state index in [9.17, 15) is 62.2 Å². The molecule has 1 amide bonds. The number of hydrogen-bond acceptors (Lipinski definition) is 20. The van der Waals surface area contributed by atoms with Crippen LogP contribution >= 0.6 is 54.5 Å². The van der Waals surface area contributed by atoms with Gasteiger partial charge in [-0.25, -0.2) is 88.5 Å². The monoisotopic (exact) mass is 1800 g/mol. The summed E-state index contributed by atoms with van der Waals surface area (Å²) in [5.41, 5.74) is 13.4. The van der Waals surface area contributed by atoms with E-state index in [0.717, 1.165) is 57.1 Å². The lowest BCUT2D eigenvalue weighted by molar-refractivity contribution is 0.0528. The van der Waals surface area contributed by atoms with Gasteiger partial charge < -0.3 is 36.1 Å². The third kappa shape index (κ3) is 18.5. The Bertz CT molecular complexity index is 5880. The molecular weight excluding hydrogens is 1730 g/mol. The molecule has 8 heterocycles. The first-order valence-electron chi connectivity index (χ1n) is 33.0. The van der Waals surface area contributed by atoms with E-state index in [1.54, 1.807) is 167 Å². The summed E-state index contributed by atoms with van der Waals surface area (Å²) in [5.74, 6) is 0.383. The molecule has 35 heteroatoms. The number of aromatic nitrogens is 7. The zero-order valence-electron chi connectivity index (χ0n) is 58.8. The largest absolute Gasteiger partial charge is 0.444 e. The molecule has 0 spiro atoms. The van der Waals surface area contributed by atoms with E-state index in [4.69, 9.17) is 10.5 Å². The number of anilines is 1. The Morgan fingerprint density at radius 2 is 1.02 bits per heavy atom. The first-order chi connectivity index (χ1) is 51.1. The Morgan fingerprint density at radius 3 is 1.53 bits per heavy atom. The number of H-pyrrole nitrogens is 1. The van der Waals surface area contributed by atoms with Gasteiger partial charge >= 0.3 is 6.09 Å². The maximum atomic E-state index is 13.5. The molecule has 0 saturated heterocycles. The molecule has 5 aromatic carbocycles. The van der Waals surface area contributed by atoms with Gasteiger partial charge in [0.1, 0.15) is 17.1 Å². The van der Waals surface area contributed by atoms with Crippen LogP contribution in [0.1, 0.15) is 54.4 Å². The number of aliphatic hydroxyl groups excluding tert-OH is 3. The number of aromatic amines is 1. The molecule has 1 aliphatic heterocycles. The zero-order chi connectivity index (χ0) is 78.3. The molecule has 0 fully saturated rings. The van der Waals surface area contributed by atoms with Gasteiger partial charge in [0.15, 0.2) is 11.3 Å².